The van der Waals surface area contributed by atoms with Gasteiger partial charge in [0.1, 0.15) is 0 Å². The molecule has 0 spiro atoms. The highest BCUT2D eigenvalue weighted by molar-refractivity contribution is 7.10. The molecule has 0 fully saturated rings. The Balaban J connectivity index is 2.09. The van der Waals surface area contributed by atoms with Crippen LogP contribution in [0.1, 0.15) is 21.6 Å². The zero-order valence-electron chi connectivity index (χ0n) is 8.73. The number of likely N-dealkylation sites (N-methyl/N-ethyl adjacent to an activating group) is 1. The summed E-state index contributed by atoms with van der Waals surface area (Å²) in [4.78, 5) is 9.84. The summed E-state index contributed by atoms with van der Waals surface area (Å²) in [7, 11) is 1.98. The third-order valence-electron chi connectivity index (χ3n) is 2.22. The first-order chi connectivity index (χ1) is 7.29. The van der Waals surface area contributed by atoms with Crippen molar-refractivity contribution in [1.29, 1.82) is 0 Å². The Labute approximate surface area is 97.2 Å². The van der Waals surface area contributed by atoms with E-state index in [4.69, 9.17) is 0 Å². The maximum absolute atomic E-state index is 4.47. The van der Waals surface area contributed by atoms with E-state index in [9.17, 15) is 0 Å². The Morgan fingerprint density at radius 2 is 2.33 bits per heavy atom. The van der Waals surface area contributed by atoms with Crippen molar-refractivity contribution in [1.82, 2.24) is 15.3 Å². The normalized spacial score (nSPS) is 12.9. The molecule has 0 saturated carbocycles. The zero-order valence-corrected chi connectivity index (χ0v) is 10.4. The minimum Gasteiger partial charge on any atom is -0.312 e. The van der Waals surface area contributed by atoms with Gasteiger partial charge in [-0.25, -0.2) is 4.98 Å². The number of thiazole rings is 2. The van der Waals surface area contributed by atoms with Crippen LogP contribution in [0.4, 0.5) is 0 Å². The maximum atomic E-state index is 4.47. The fraction of sp³-hybridized carbons (Fsp3) is 0.400. The van der Waals surface area contributed by atoms with E-state index in [-0.39, 0.29) is 0 Å². The third kappa shape index (κ3) is 2.62. The molecule has 0 aliphatic heterocycles. The molecule has 3 nitrogen and oxygen atoms in total. The van der Waals surface area contributed by atoms with Gasteiger partial charge in [0, 0.05) is 28.9 Å². The predicted molar refractivity (Wildman–Crippen MR) is 64.5 cm³/mol. The van der Waals surface area contributed by atoms with E-state index in [1.54, 1.807) is 22.7 Å². The quantitative estimate of drug-likeness (QED) is 0.890. The number of nitrogens with zero attached hydrogens (tertiary/aromatic N) is 2. The molecule has 0 bridgehead atoms. The zero-order chi connectivity index (χ0) is 10.7. The first kappa shape index (κ1) is 10.7. The van der Waals surface area contributed by atoms with Gasteiger partial charge in [0.15, 0.2) is 0 Å². The molecule has 2 heterocycles. The molecule has 0 aromatic carbocycles. The van der Waals surface area contributed by atoms with Gasteiger partial charge in [0.2, 0.25) is 0 Å². The SMILES string of the molecule is CNC(Cc1csc(C)n1)c1cncs1. The Hall–Kier alpha value is -0.780. The average molecular weight is 239 g/mol. The van der Waals surface area contributed by atoms with Crippen molar-refractivity contribution >= 4 is 22.7 Å². The van der Waals surface area contributed by atoms with Crippen molar-refractivity contribution in [3.8, 4) is 0 Å². The lowest BCUT2D eigenvalue weighted by atomic mass is 10.1. The van der Waals surface area contributed by atoms with Crippen LogP contribution in [0.2, 0.25) is 0 Å². The minimum atomic E-state index is 0.332. The van der Waals surface area contributed by atoms with Gasteiger partial charge in [-0.2, -0.15) is 0 Å². The molecule has 1 unspecified atom stereocenters. The van der Waals surface area contributed by atoms with Crippen molar-refractivity contribution < 1.29 is 0 Å². The Bertz CT molecular complexity index is 408. The fourth-order valence-electron chi connectivity index (χ4n) is 1.45. The number of aryl methyl sites for hydroxylation is 1. The summed E-state index contributed by atoms with van der Waals surface area (Å²) in [6.45, 7) is 2.04. The molecule has 0 aliphatic carbocycles. The molecule has 15 heavy (non-hydrogen) atoms. The molecule has 2 aromatic heterocycles. The molecular formula is C10H13N3S2. The Morgan fingerprint density at radius 3 is 2.87 bits per heavy atom. The Morgan fingerprint density at radius 1 is 1.47 bits per heavy atom. The van der Waals surface area contributed by atoms with E-state index in [2.05, 4.69) is 20.7 Å². The summed E-state index contributed by atoms with van der Waals surface area (Å²) < 4.78 is 0. The van der Waals surface area contributed by atoms with Crippen molar-refractivity contribution in [2.24, 2.45) is 0 Å². The molecule has 0 amide bonds. The second-order valence-electron chi connectivity index (χ2n) is 3.31. The van der Waals surface area contributed by atoms with E-state index >= 15 is 0 Å². The second-order valence-corrected chi connectivity index (χ2v) is 5.29. The number of hydrogen-bond acceptors (Lipinski definition) is 5. The average Bonchev–Trinajstić information content (AvgIpc) is 2.85. The predicted octanol–water partition coefficient (Wildman–Crippen LogP) is 2.41. The molecule has 5 heteroatoms. The van der Waals surface area contributed by atoms with Crippen molar-refractivity contribution in [2.45, 2.75) is 19.4 Å². The summed E-state index contributed by atoms with van der Waals surface area (Å²) >= 11 is 3.39. The van der Waals surface area contributed by atoms with Gasteiger partial charge in [0.25, 0.3) is 0 Å². The van der Waals surface area contributed by atoms with Gasteiger partial charge in [-0.05, 0) is 14.0 Å². The van der Waals surface area contributed by atoms with Crippen LogP contribution < -0.4 is 5.32 Å². The van der Waals surface area contributed by atoms with Gasteiger partial charge >= 0.3 is 0 Å². The Kier molecular flexibility index (Phi) is 3.45. The lowest BCUT2D eigenvalue weighted by molar-refractivity contribution is 0.594. The molecule has 80 valence electrons. The van der Waals surface area contributed by atoms with E-state index in [0.29, 0.717) is 6.04 Å². The minimum absolute atomic E-state index is 0.332. The molecule has 2 aromatic rings. The van der Waals surface area contributed by atoms with Crippen LogP contribution in [0.15, 0.2) is 17.1 Å². The molecule has 0 aliphatic rings. The molecule has 0 saturated heterocycles. The number of aromatic nitrogens is 2. The first-order valence-corrected chi connectivity index (χ1v) is 6.52. The van der Waals surface area contributed by atoms with E-state index < -0.39 is 0 Å². The van der Waals surface area contributed by atoms with Crippen LogP contribution in [-0.2, 0) is 6.42 Å². The lowest BCUT2D eigenvalue weighted by Crippen LogP contribution is -2.17. The van der Waals surface area contributed by atoms with Crippen molar-refractivity contribution in [2.75, 3.05) is 7.05 Å². The van der Waals surface area contributed by atoms with Gasteiger partial charge in [-0.1, -0.05) is 0 Å². The monoisotopic (exact) mass is 239 g/mol. The van der Waals surface area contributed by atoms with Crippen LogP contribution >= 0.6 is 22.7 Å². The number of nitrogens with one attached hydrogen (secondary N) is 1. The van der Waals surface area contributed by atoms with Crippen LogP contribution in [0, 0.1) is 6.92 Å². The number of hydrogen-bond donors (Lipinski definition) is 1. The summed E-state index contributed by atoms with van der Waals surface area (Å²) in [5.41, 5.74) is 3.02. The highest BCUT2D eigenvalue weighted by atomic mass is 32.1. The van der Waals surface area contributed by atoms with Gasteiger partial charge in [0.05, 0.1) is 16.2 Å². The molecule has 1 atom stereocenters. The topological polar surface area (TPSA) is 37.8 Å². The molecule has 0 radical (unpaired) electrons. The van der Waals surface area contributed by atoms with Crippen LogP contribution in [0.3, 0.4) is 0 Å². The number of rotatable bonds is 4. The van der Waals surface area contributed by atoms with Crippen LogP contribution in [0.5, 0.6) is 0 Å². The standard InChI is InChI=1S/C10H13N3S2/c1-7-13-8(5-14-7)3-9(11-2)10-4-12-6-15-10/h4-6,9,11H,3H2,1-2H3. The van der Waals surface area contributed by atoms with E-state index in [0.717, 1.165) is 17.1 Å². The fourth-order valence-corrected chi connectivity index (χ4v) is 2.81. The maximum Gasteiger partial charge on any atom is 0.0897 e. The van der Waals surface area contributed by atoms with Crippen molar-refractivity contribution in [3.63, 3.8) is 0 Å². The molecular weight excluding hydrogens is 226 g/mol. The summed E-state index contributed by atoms with van der Waals surface area (Å²) in [6.07, 6.45) is 2.86. The lowest BCUT2D eigenvalue weighted by Gasteiger charge is -2.11. The third-order valence-corrected chi connectivity index (χ3v) is 3.93. The highest BCUT2D eigenvalue weighted by Gasteiger charge is 2.12. The largest absolute Gasteiger partial charge is 0.312 e. The van der Waals surface area contributed by atoms with Gasteiger partial charge < -0.3 is 5.32 Å². The molecule has 1 N–H and O–H groups in total. The molecule has 2 rings (SSSR count). The summed E-state index contributed by atoms with van der Waals surface area (Å²) in [5.74, 6) is 0. The van der Waals surface area contributed by atoms with Gasteiger partial charge in [-0.3, -0.25) is 4.98 Å². The van der Waals surface area contributed by atoms with E-state index in [1.165, 1.54) is 4.88 Å². The highest BCUT2D eigenvalue weighted by Crippen LogP contribution is 2.21. The van der Waals surface area contributed by atoms with Crippen molar-refractivity contribution in [3.05, 3.63) is 32.7 Å². The van der Waals surface area contributed by atoms with Crippen LogP contribution in [-0.4, -0.2) is 17.0 Å². The smallest absolute Gasteiger partial charge is 0.0897 e. The van der Waals surface area contributed by atoms with E-state index in [1.807, 2.05) is 25.7 Å². The van der Waals surface area contributed by atoms with Gasteiger partial charge in [-0.15, -0.1) is 22.7 Å². The summed E-state index contributed by atoms with van der Waals surface area (Å²) in [6, 6.07) is 0.332. The van der Waals surface area contributed by atoms with Crippen LogP contribution in [0.25, 0.3) is 0 Å². The second kappa shape index (κ2) is 4.83. The first-order valence-electron chi connectivity index (χ1n) is 4.76. The summed E-state index contributed by atoms with van der Waals surface area (Å²) in [5, 5.41) is 6.55.